The van der Waals surface area contributed by atoms with Crippen LogP contribution in [0.5, 0.6) is 0 Å². The summed E-state index contributed by atoms with van der Waals surface area (Å²) in [6.07, 6.45) is 5.69. The van der Waals surface area contributed by atoms with E-state index in [1.54, 1.807) is 0 Å². The van der Waals surface area contributed by atoms with Crippen LogP contribution in [0.4, 0.5) is 0 Å². The van der Waals surface area contributed by atoms with E-state index < -0.39 is 0 Å². The molecular formula is C18H27N5. The van der Waals surface area contributed by atoms with E-state index in [2.05, 4.69) is 39.4 Å². The summed E-state index contributed by atoms with van der Waals surface area (Å²) in [7, 11) is 2.22. The van der Waals surface area contributed by atoms with Crippen LogP contribution >= 0.6 is 0 Å². The van der Waals surface area contributed by atoms with Gasteiger partial charge in [-0.1, -0.05) is 6.92 Å². The largest absolute Gasteiger partial charge is 0.311 e. The Bertz CT molecular complexity index is 679. The summed E-state index contributed by atoms with van der Waals surface area (Å²) >= 11 is 0. The maximum absolute atomic E-state index is 5.00. The molecule has 2 saturated heterocycles. The smallest absolute Gasteiger partial charge is 0.160 e. The van der Waals surface area contributed by atoms with Crippen molar-refractivity contribution in [3.63, 3.8) is 0 Å². The van der Waals surface area contributed by atoms with Gasteiger partial charge in [-0.05, 0) is 64.0 Å². The van der Waals surface area contributed by atoms with E-state index in [0.717, 1.165) is 30.2 Å². The third-order valence-electron chi connectivity index (χ3n) is 5.53. The quantitative estimate of drug-likeness (QED) is 0.869. The molecule has 2 aliphatic rings. The fraction of sp³-hybridized carbons (Fsp3) is 0.667. The summed E-state index contributed by atoms with van der Waals surface area (Å²) in [6, 6.07) is 4.57. The molecule has 2 aliphatic heterocycles. The van der Waals surface area contributed by atoms with Crippen LogP contribution in [-0.4, -0.2) is 57.6 Å². The molecule has 0 amide bonds. The Morgan fingerprint density at radius 1 is 1.26 bits per heavy atom. The average molecular weight is 313 g/mol. The van der Waals surface area contributed by atoms with E-state index in [-0.39, 0.29) is 0 Å². The van der Waals surface area contributed by atoms with E-state index in [9.17, 15) is 0 Å². The molecule has 0 saturated carbocycles. The maximum Gasteiger partial charge on any atom is 0.160 e. The molecule has 23 heavy (non-hydrogen) atoms. The van der Waals surface area contributed by atoms with E-state index in [1.807, 2.05) is 12.3 Å². The summed E-state index contributed by atoms with van der Waals surface area (Å²) in [5.74, 6) is 1.96. The van der Waals surface area contributed by atoms with Crippen LogP contribution in [0.15, 0.2) is 18.3 Å². The standard InChI is InChI=1S/C18H27N5/c1-3-22-10-5-7-16(22)18-20-15-6-4-9-19-17(15)23(18)13-14-8-11-21(2)12-14/h4,6,9,14,16H,3,5,7-8,10-13H2,1-2H3. The van der Waals surface area contributed by atoms with Crippen LogP contribution in [0.25, 0.3) is 11.2 Å². The molecule has 5 heteroatoms. The molecule has 0 radical (unpaired) electrons. The van der Waals surface area contributed by atoms with Crippen molar-refractivity contribution in [1.82, 2.24) is 24.3 Å². The monoisotopic (exact) mass is 313 g/mol. The van der Waals surface area contributed by atoms with Crippen LogP contribution in [0, 0.1) is 5.92 Å². The highest BCUT2D eigenvalue weighted by molar-refractivity contribution is 5.71. The molecule has 4 rings (SSSR count). The third kappa shape index (κ3) is 2.76. The molecule has 4 heterocycles. The minimum atomic E-state index is 0.466. The zero-order valence-electron chi connectivity index (χ0n) is 14.3. The van der Waals surface area contributed by atoms with E-state index in [1.165, 1.54) is 44.7 Å². The lowest BCUT2D eigenvalue weighted by molar-refractivity contribution is 0.254. The van der Waals surface area contributed by atoms with Gasteiger partial charge in [0.25, 0.3) is 0 Å². The Hall–Kier alpha value is -1.46. The Morgan fingerprint density at radius 3 is 2.96 bits per heavy atom. The number of nitrogens with zero attached hydrogens (tertiary/aromatic N) is 5. The molecule has 124 valence electrons. The van der Waals surface area contributed by atoms with Gasteiger partial charge < -0.3 is 9.47 Å². The Morgan fingerprint density at radius 2 is 2.17 bits per heavy atom. The number of hydrogen-bond acceptors (Lipinski definition) is 4. The predicted octanol–water partition coefficient (Wildman–Crippen LogP) is 2.54. The number of aromatic nitrogens is 3. The fourth-order valence-electron chi connectivity index (χ4n) is 4.34. The topological polar surface area (TPSA) is 37.2 Å². The fourth-order valence-corrected chi connectivity index (χ4v) is 4.34. The van der Waals surface area contributed by atoms with Crippen LogP contribution in [0.3, 0.4) is 0 Å². The number of hydrogen-bond donors (Lipinski definition) is 0. The summed E-state index contributed by atoms with van der Waals surface area (Å²) < 4.78 is 2.43. The minimum absolute atomic E-state index is 0.466. The number of pyridine rings is 1. The van der Waals surface area contributed by atoms with Gasteiger partial charge in [0.05, 0.1) is 6.04 Å². The molecule has 2 unspecified atom stereocenters. The molecule has 2 atom stereocenters. The molecule has 0 bridgehead atoms. The highest BCUT2D eigenvalue weighted by Gasteiger charge is 2.31. The van der Waals surface area contributed by atoms with Gasteiger partial charge in [-0.2, -0.15) is 0 Å². The SMILES string of the molecule is CCN1CCCC1c1nc2cccnc2n1CC1CCN(C)C1. The molecule has 0 aromatic carbocycles. The second-order valence-electron chi connectivity index (χ2n) is 7.13. The molecule has 2 fully saturated rings. The van der Waals surface area contributed by atoms with Crippen LogP contribution in [0.2, 0.25) is 0 Å². The van der Waals surface area contributed by atoms with Gasteiger partial charge in [0.1, 0.15) is 11.3 Å². The second-order valence-corrected chi connectivity index (χ2v) is 7.13. The highest BCUT2D eigenvalue weighted by Crippen LogP contribution is 2.33. The van der Waals surface area contributed by atoms with E-state index in [4.69, 9.17) is 4.98 Å². The lowest BCUT2D eigenvalue weighted by Crippen LogP contribution is -2.26. The lowest BCUT2D eigenvalue weighted by atomic mass is 10.1. The first-order valence-corrected chi connectivity index (χ1v) is 9.00. The third-order valence-corrected chi connectivity index (χ3v) is 5.53. The summed E-state index contributed by atoms with van der Waals surface area (Å²) in [4.78, 5) is 14.7. The van der Waals surface area contributed by atoms with Crippen molar-refractivity contribution in [3.05, 3.63) is 24.2 Å². The minimum Gasteiger partial charge on any atom is -0.311 e. The van der Waals surface area contributed by atoms with Gasteiger partial charge in [0, 0.05) is 19.3 Å². The highest BCUT2D eigenvalue weighted by atomic mass is 15.2. The summed E-state index contributed by atoms with van der Waals surface area (Å²) in [5, 5.41) is 0. The van der Waals surface area contributed by atoms with Crippen molar-refractivity contribution in [3.8, 4) is 0 Å². The number of likely N-dealkylation sites (tertiary alicyclic amines) is 2. The zero-order valence-corrected chi connectivity index (χ0v) is 14.3. The van der Waals surface area contributed by atoms with Gasteiger partial charge in [-0.25, -0.2) is 9.97 Å². The lowest BCUT2D eigenvalue weighted by Gasteiger charge is -2.24. The zero-order chi connectivity index (χ0) is 15.8. The van der Waals surface area contributed by atoms with Crippen molar-refractivity contribution in [2.45, 2.75) is 38.8 Å². The molecule has 0 N–H and O–H groups in total. The molecule has 2 aromatic rings. The summed E-state index contributed by atoms with van der Waals surface area (Å²) in [6.45, 7) is 8.02. The van der Waals surface area contributed by atoms with E-state index >= 15 is 0 Å². The molecule has 0 spiro atoms. The molecular weight excluding hydrogens is 286 g/mol. The van der Waals surface area contributed by atoms with Crippen molar-refractivity contribution >= 4 is 11.2 Å². The average Bonchev–Trinajstić information content (AvgIpc) is 3.26. The van der Waals surface area contributed by atoms with Gasteiger partial charge in [-0.15, -0.1) is 0 Å². The van der Waals surface area contributed by atoms with E-state index in [0.29, 0.717) is 6.04 Å². The molecule has 0 aliphatic carbocycles. The summed E-state index contributed by atoms with van der Waals surface area (Å²) in [5.41, 5.74) is 2.12. The molecule has 5 nitrogen and oxygen atoms in total. The van der Waals surface area contributed by atoms with Crippen molar-refractivity contribution in [2.24, 2.45) is 5.92 Å². The number of rotatable bonds is 4. The number of fused-ring (bicyclic) bond motifs is 1. The van der Waals surface area contributed by atoms with Gasteiger partial charge in [0.15, 0.2) is 5.65 Å². The van der Waals surface area contributed by atoms with Crippen LogP contribution in [-0.2, 0) is 6.54 Å². The first-order valence-electron chi connectivity index (χ1n) is 9.00. The van der Waals surface area contributed by atoms with Crippen LogP contribution < -0.4 is 0 Å². The maximum atomic E-state index is 5.00. The second kappa shape index (κ2) is 6.21. The van der Waals surface area contributed by atoms with Crippen molar-refractivity contribution < 1.29 is 0 Å². The number of imidazole rings is 1. The van der Waals surface area contributed by atoms with Gasteiger partial charge in [-0.3, -0.25) is 4.90 Å². The van der Waals surface area contributed by atoms with Crippen LogP contribution in [0.1, 0.15) is 38.1 Å². The molecule has 2 aromatic heterocycles. The van der Waals surface area contributed by atoms with Crippen molar-refractivity contribution in [2.75, 3.05) is 33.2 Å². The Labute approximate surface area is 138 Å². The van der Waals surface area contributed by atoms with Gasteiger partial charge in [0.2, 0.25) is 0 Å². The van der Waals surface area contributed by atoms with Gasteiger partial charge >= 0.3 is 0 Å². The Balaban J connectivity index is 1.72. The Kier molecular flexibility index (Phi) is 4.07. The first kappa shape index (κ1) is 15.1. The first-order chi connectivity index (χ1) is 11.3. The van der Waals surface area contributed by atoms with Crippen molar-refractivity contribution in [1.29, 1.82) is 0 Å². The normalized spacial score (nSPS) is 26.5. The predicted molar refractivity (Wildman–Crippen MR) is 92.4 cm³/mol.